The van der Waals surface area contributed by atoms with Gasteiger partial charge in [0.15, 0.2) is 5.82 Å². The average molecular weight is 392 g/mol. The Hall–Kier alpha value is -3.91. The van der Waals surface area contributed by atoms with Gasteiger partial charge in [-0.2, -0.15) is 5.26 Å². The molecule has 0 aliphatic heterocycles. The van der Waals surface area contributed by atoms with E-state index < -0.39 is 0 Å². The summed E-state index contributed by atoms with van der Waals surface area (Å²) in [5.41, 5.74) is 4.88. The maximum Gasteiger partial charge on any atom is 0.162 e. The molecule has 0 bridgehead atoms. The van der Waals surface area contributed by atoms with Gasteiger partial charge < -0.3 is 10.1 Å². The second-order valence-corrected chi connectivity index (χ2v) is 7.37. The lowest BCUT2D eigenvalue weighted by molar-refractivity contribution is 0.415. The van der Waals surface area contributed by atoms with Crippen molar-refractivity contribution in [3.05, 3.63) is 83.4 Å². The summed E-state index contributed by atoms with van der Waals surface area (Å²) in [6.45, 7) is 0. The van der Waals surface area contributed by atoms with Gasteiger partial charge in [0, 0.05) is 10.9 Å². The number of methoxy groups -OCH3 is 1. The fourth-order valence-electron chi connectivity index (χ4n) is 4.15. The number of nitriles is 1. The molecule has 0 radical (unpaired) electrons. The molecule has 0 saturated heterocycles. The topological polar surface area (TPSA) is 70.8 Å². The van der Waals surface area contributed by atoms with Crippen LogP contribution in [0.5, 0.6) is 5.75 Å². The van der Waals surface area contributed by atoms with Gasteiger partial charge in [-0.1, -0.05) is 36.4 Å². The molecule has 1 aliphatic carbocycles. The number of para-hydroxylation sites is 1. The first-order chi connectivity index (χ1) is 14.8. The quantitative estimate of drug-likeness (QED) is 0.512. The van der Waals surface area contributed by atoms with Crippen molar-refractivity contribution in [2.24, 2.45) is 0 Å². The van der Waals surface area contributed by atoms with Crippen molar-refractivity contribution >= 4 is 16.7 Å². The number of rotatable bonds is 4. The largest absolute Gasteiger partial charge is 0.497 e. The minimum Gasteiger partial charge on any atom is -0.497 e. The summed E-state index contributed by atoms with van der Waals surface area (Å²) in [6, 6.07) is 24.2. The van der Waals surface area contributed by atoms with Crippen LogP contribution in [0, 0.1) is 11.3 Å². The van der Waals surface area contributed by atoms with E-state index in [4.69, 9.17) is 14.7 Å². The van der Waals surface area contributed by atoms with Crippen LogP contribution in [0.3, 0.4) is 0 Å². The molecular formula is C25H20N4O. The van der Waals surface area contributed by atoms with Crippen LogP contribution < -0.4 is 10.1 Å². The van der Waals surface area contributed by atoms with Crippen molar-refractivity contribution in [1.82, 2.24) is 9.97 Å². The molecule has 5 heteroatoms. The van der Waals surface area contributed by atoms with Crippen LogP contribution >= 0.6 is 0 Å². The van der Waals surface area contributed by atoms with E-state index in [1.165, 1.54) is 5.56 Å². The molecule has 0 unspecified atom stereocenters. The average Bonchev–Trinajstić information content (AvgIpc) is 3.22. The Labute approximate surface area is 175 Å². The molecule has 1 aromatic heterocycles. The van der Waals surface area contributed by atoms with Gasteiger partial charge in [-0.05, 0) is 54.3 Å². The highest BCUT2D eigenvalue weighted by molar-refractivity contribution is 5.90. The van der Waals surface area contributed by atoms with Crippen molar-refractivity contribution in [1.29, 1.82) is 5.26 Å². The highest BCUT2D eigenvalue weighted by Gasteiger charge is 2.25. The Bertz CT molecular complexity index is 1290. The van der Waals surface area contributed by atoms with E-state index in [1.54, 1.807) is 7.11 Å². The smallest absolute Gasteiger partial charge is 0.162 e. The molecule has 0 fully saturated rings. The van der Waals surface area contributed by atoms with Gasteiger partial charge in [0.05, 0.1) is 30.3 Å². The Balaban J connectivity index is 1.59. The molecule has 1 N–H and O–H groups in total. The second kappa shape index (κ2) is 7.49. The lowest BCUT2D eigenvalue weighted by Gasteiger charge is -2.17. The summed E-state index contributed by atoms with van der Waals surface area (Å²) < 4.78 is 5.37. The number of nitrogens with one attached hydrogen (secondary N) is 1. The van der Waals surface area contributed by atoms with Crippen LogP contribution in [0.15, 0.2) is 66.7 Å². The van der Waals surface area contributed by atoms with E-state index in [-0.39, 0.29) is 6.04 Å². The first kappa shape index (κ1) is 18.1. The number of hydrogen-bond donors (Lipinski definition) is 1. The summed E-state index contributed by atoms with van der Waals surface area (Å²) in [5, 5.41) is 14.0. The summed E-state index contributed by atoms with van der Waals surface area (Å²) in [4.78, 5) is 9.66. The Morgan fingerprint density at radius 1 is 1.03 bits per heavy atom. The first-order valence-electron chi connectivity index (χ1n) is 9.96. The van der Waals surface area contributed by atoms with E-state index in [9.17, 15) is 5.26 Å². The van der Waals surface area contributed by atoms with Crippen LogP contribution in [0.4, 0.5) is 5.82 Å². The zero-order valence-electron chi connectivity index (χ0n) is 16.6. The van der Waals surface area contributed by atoms with Crippen molar-refractivity contribution < 1.29 is 4.74 Å². The first-order valence-corrected chi connectivity index (χ1v) is 9.96. The SMILES string of the molecule is COc1cccc(-c2nc(N[C@@H]3CCc4c(C#N)cccc43)c3ccccc3n2)c1. The molecule has 146 valence electrons. The normalized spacial score (nSPS) is 14.9. The van der Waals surface area contributed by atoms with Crippen molar-refractivity contribution in [2.75, 3.05) is 12.4 Å². The number of hydrogen-bond acceptors (Lipinski definition) is 5. The number of nitrogens with zero attached hydrogens (tertiary/aromatic N) is 3. The third kappa shape index (κ3) is 3.13. The number of ether oxygens (including phenoxy) is 1. The van der Waals surface area contributed by atoms with Gasteiger partial charge in [0.1, 0.15) is 11.6 Å². The predicted molar refractivity (Wildman–Crippen MR) is 117 cm³/mol. The van der Waals surface area contributed by atoms with E-state index >= 15 is 0 Å². The molecule has 1 atom stereocenters. The molecule has 4 aromatic rings. The monoisotopic (exact) mass is 392 g/mol. The molecule has 5 nitrogen and oxygen atoms in total. The summed E-state index contributed by atoms with van der Waals surface area (Å²) in [7, 11) is 1.65. The lowest BCUT2D eigenvalue weighted by atomic mass is 10.0. The Kier molecular flexibility index (Phi) is 4.53. The lowest BCUT2D eigenvalue weighted by Crippen LogP contribution is -2.10. The third-order valence-electron chi connectivity index (χ3n) is 5.63. The Morgan fingerprint density at radius 2 is 1.90 bits per heavy atom. The standard InChI is InChI=1S/C25H20N4O/c1-30-18-8-4-6-16(14-18)24-27-22-11-3-2-9-21(22)25(29-24)28-23-13-12-19-17(15-26)7-5-10-20(19)23/h2-11,14,23H,12-13H2,1H3,(H,27,28,29)/t23-/m1/s1. The van der Waals surface area contributed by atoms with Gasteiger partial charge in [-0.15, -0.1) is 0 Å². The maximum absolute atomic E-state index is 9.42. The molecular weight excluding hydrogens is 372 g/mol. The summed E-state index contributed by atoms with van der Waals surface area (Å²) in [5.74, 6) is 2.23. The molecule has 0 saturated carbocycles. The zero-order chi connectivity index (χ0) is 20.5. The summed E-state index contributed by atoms with van der Waals surface area (Å²) in [6.07, 6.45) is 1.82. The van der Waals surface area contributed by atoms with Gasteiger partial charge in [-0.3, -0.25) is 0 Å². The third-order valence-corrected chi connectivity index (χ3v) is 5.63. The van der Waals surface area contributed by atoms with Crippen LogP contribution in [-0.4, -0.2) is 17.1 Å². The van der Waals surface area contributed by atoms with Crippen LogP contribution in [-0.2, 0) is 6.42 Å². The number of aromatic nitrogens is 2. The number of benzene rings is 3. The van der Waals surface area contributed by atoms with E-state index in [1.807, 2.05) is 60.7 Å². The van der Waals surface area contributed by atoms with Gasteiger partial charge in [0.2, 0.25) is 0 Å². The number of anilines is 1. The van der Waals surface area contributed by atoms with Gasteiger partial charge in [-0.25, -0.2) is 9.97 Å². The fraction of sp³-hybridized carbons (Fsp3) is 0.160. The molecule has 30 heavy (non-hydrogen) atoms. The molecule has 1 heterocycles. The fourth-order valence-corrected chi connectivity index (χ4v) is 4.15. The van der Waals surface area contributed by atoms with E-state index in [2.05, 4.69) is 17.5 Å². The van der Waals surface area contributed by atoms with Crippen LogP contribution in [0.1, 0.15) is 29.2 Å². The van der Waals surface area contributed by atoms with Gasteiger partial charge >= 0.3 is 0 Å². The minimum atomic E-state index is 0.116. The molecule has 3 aromatic carbocycles. The van der Waals surface area contributed by atoms with Crippen molar-refractivity contribution in [2.45, 2.75) is 18.9 Å². The maximum atomic E-state index is 9.42. The molecule has 1 aliphatic rings. The molecule has 0 amide bonds. The van der Waals surface area contributed by atoms with Gasteiger partial charge in [0.25, 0.3) is 0 Å². The minimum absolute atomic E-state index is 0.116. The van der Waals surface area contributed by atoms with Crippen molar-refractivity contribution in [3.63, 3.8) is 0 Å². The molecule has 0 spiro atoms. The van der Waals surface area contributed by atoms with Crippen LogP contribution in [0.25, 0.3) is 22.3 Å². The van der Waals surface area contributed by atoms with Crippen LogP contribution in [0.2, 0.25) is 0 Å². The summed E-state index contributed by atoms with van der Waals surface area (Å²) >= 11 is 0. The van der Waals surface area contributed by atoms with E-state index in [0.29, 0.717) is 5.82 Å². The Morgan fingerprint density at radius 3 is 2.77 bits per heavy atom. The van der Waals surface area contributed by atoms with Crippen molar-refractivity contribution in [3.8, 4) is 23.2 Å². The zero-order valence-corrected chi connectivity index (χ0v) is 16.6. The van der Waals surface area contributed by atoms with E-state index in [0.717, 1.165) is 52.0 Å². The number of fused-ring (bicyclic) bond motifs is 2. The highest BCUT2D eigenvalue weighted by Crippen LogP contribution is 2.37. The predicted octanol–water partition coefficient (Wildman–Crippen LogP) is 5.28. The molecule has 5 rings (SSSR count). The highest BCUT2D eigenvalue weighted by atomic mass is 16.5. The second-order valence-electron chi connectivity index (χ2n) is 7.37.